The van der Waals surface area contributed by atoms with Crippen LogP contribution in [0.5, 0.6) is 17.2 Å². The maximum absolute atomic E-state index is 12.3. The molecule has 0 saturated carbocycles. The van der Waals surface area contributed by atoms with Crippen LogP contribution in [-0.4, -0.2) is 18.8 Å². The van der Waals surface area contributed by atoms with E-state index in [1.807, 2.05) is 6.07 Å². The summed E-state index contributed by atoms with van der Waals surface area (Å²) < 4.78 is 34.0. The number of rotatable bonds is 6. The summed E-state index contributed by atoms with van der Waals surface area (Å²) in [4.78, 5) is 0. The summed E-state index contributed by atoms with van der Waals surface area (Å²) in [5, 5.41) is 12.4. The van der Waals surface area contributed by atoms with Crippen molar-refractivity contribution in [1.82, 2.24) is 0 Å². The summed E-state index contributed by atoms with van der Waals surface area (Å²) in [5.74, 6) is 0.373. The molecule has 0 atom stereocenters. The number of hydrogen-bond donors (Lipinski definition) is 2. The standard InChI is InChI=1S/C15H15F2NO3/c1-20-13-6-5-11(8-14(13)21-15(16)17)18-9-10-3-2-4-12(19)7-10/h2-8,15,18-19H,9H2,1H3. The molecule has 0 saturated heterocycles. The molecule has 0 spiro atoms. The second-order valence-corrected chi connectivity index (χ2v) is 4.27. The van der Waals surface area contributed by atoms with Crippen LogP contribution in [0.4, 0.5) is 14.5 Å². The normalized spacial score (nSPS) is 10.5. The molecule has 0 bridgehead atoms. The van der Waals surface area contributed by atoms with Gasteiger partial charge in [0.1, 0.15) is 5.75 Å². The molecule has 0 heterocycles. The van der Waals surface area contributed by atoms with E-state index in [1.54, 1.807) is 30.3 Å². The number of phenols is 1. The van der Waals surface area contributed by atoms with Gasteiger partial charge in [-0.15, -0.1) is 0 Å². The Bertz CT molecular complexity index is 605. The van der Waals surface area contributed by atoms with Gasteiger partial charge < -0.3 is 19.9 Å². The fourth-order valence-electron chi connectivity index (χ4n) is 1.85. The van der Waals surface area contributed by atoms with E-state index in [2.05, 4.69) is 10.1 Å². The van der Waals surface area contributed by atoms with Crippen LogP contribution in [0, 0.1) is 0 Å². The second-order valence-electron chi connectivity index (χ2n) is 4.27. The molecule has 2 aromatic rings. The van der Waals surface area contributed by atoms with Crippen molar-refractivity contribution in [1.29, 1.82) is 0 Å². The van der Waals surface area contributed by atoms with E-state index < -0.39 is 6.61 Å². The molecule has 0 aliphatic heterocycles. The lowest BCUT2D eigenvalue weighted by molar-refractivity contribution is -0.0511. The topological polar surface area (TPSA) is 50.7 Å². The zero-order valence-electron chi connectivity index (χ0n) is 11.3. The van der Waals surface area contributed by atoms with Crippen LogP contribution in [0.2, 0.25) is 0 Å². The van der Waals surface area contributed by atoms with E-state index >= 15 is 0 Å². The molecule has 0 amide bonds. The molecule has 0 aromatic heterocycles. The smallest absolute Gasteiger partial charge is 0.387 e. The number of benzene rings is 2. The highest BCUT2D eigenvalue weighted by Gasteiger charge is 2.11. The minimum Gasteiger partial charge on any atom is -0.508 e. The van der Waals surface area contributed by atoms with Crippen molar-refractivity contribution >= 4 is 5.69 Å². The van der Waals surface area contributed by atoms with Crippen molar-refractivity contribution in [3.05, 3.63) is 48.0 Å². The Labute approximate surface area is 120 Å². The lowest BCUT2D eigenvalue weighted by Crippen LogP contribution is -2.05. The van der Waals surface area contributed by atoms with Crippen molar-refractivity contribution in [2.45, 2.75) is 13.2 Å². The largest absolute Gasteiger partial charge is 0.508 e. The number of anilines is 1. The molecule has 2 rings (SSSR count). The predicted molar refractivity (Wildman–Crippen MR) is 75.1 cm³/mol. The number of ether oxygens (including phenoxy) is 2. The van der Waals surface area contributed by atoms with Crippen molar-refractivity contribution in [2.75, 3.05) is 12.4 Å². The Morgan fingerprint density at radius 3 is 2.62 bits per heavy atom. The van der Waals surface area contributed by atoms with Gasteiger partial charge in [-0.3, -0.25) is 0 Å². The monoisotopic (exact) mass is 295 g/mol. The highest BCUT2D eigenvalue weighted by atomic mass is 19.3. The zero-order valence-corrected chi connectivity index (χ0v) is 11.3. The van der Waals surface area contributed by atoms with Gasteiger partial charge in [0, 0.05) is 18.3 Å². The van der Waals surface area contributed by atoms with Crippen molar-refractivity contribution < 1.29 is 23.4 Å². The van der Waals surface area contributed by atoms with Crippen LogP contribution in [0.1, 0.15) is 5.56 Å². The first kappa shape index (κ1) is 14.9. The van der Waals surface area contributed by atoms with Gasteiger partial charge >= 0.3 is 6.61 Å². The Morgan fingerprint density at radius 2 is 1.95 bits per heavy atom. The molecule has 6 heteroatoms. The van der Waals surface area contributed by atoms with E-state index in [4.69, 9.17) is 4.74 Å². The molecule has 0 aliphatic rings. The molecule has 2 aromatic carbocycles. The Balaban J connectivity index is 2.09. The van der Waals surface area contributed by atoms with Gasteiger partial charge in [0.05, 0.1) is 7.11 Å². The summed E-state index contributed by atoms with van der Waals surface area (Å²) in [5.41, 5.74) is 1.47. The SMILES string of the molecule is COc1ccc(NCc2cccc(O)c2)cc1OC(F)F. The summed E-state index contributed by atoms with van der Waals surface area (Å²) in [6.07, 6.45) is 0. The van der Waals surface area contributed by atoms with Gasteiger partial charge in [-0.1, -0.05) is 12.1 Å². The van der Waals surface area contributed by atoms with E-state index in [0.29, 0.717) is 12.2 Å². The van der Waals surface area contributed by atoms with Crippen LogP contribution in [-0.2, 0) is 6.54 Å². The Kier molecular flexibility index (Phi) is 4.81. The van der Waals surface area contributed by atoms with E-state index in [1.165, 1.54) is 13.2 Å². The summed E-state index contributed by atoms with van der Waals surface area (Å²) in [6, 6.07) is 11.4. The molecule has 2 N–H and O–H groups in total. The third-order valence-electron chi connectivity index (χ3n) is 2.79. The molecule has 0 aliphatic carbocycles. The summed E-state index contributed by atoms with van der Waals surface area (Å²) >= 11 is 0. The number of alkyl halides is 2. The highest BCUT2D eigenvalue weighted by molar-refractivity contribution is 5.55. The predicted octanol–water partition coefficient (Wildman–Crippen LogP) is 3.61. The Morgan fingerprint density at radius 1 is 1.14 bits per heavy atom. The first-order chi connectivity index (χ1) is 10.1. The van der Waals surface area contributed by atoms with Crippen molar-refractivity contribution in [3.8, 4) is 17.2 Å². The maximum atomic E-state index is 12.3. The number of methoxy groups -OCH3 is 1. The van der Waals surface area contributed by atoms with Crippen molar-refractivity contribution in [3.63, 3.8) is 0 Å². The average Bonchev–Trinajstić information content (AvgIpc) is 2.45. The average molecular weight is 295 g/mol. The van der Waals surface area contributed by atoms with Gasteiger partial charge in [0.25, 0.3) is 0 Å². The van der Waals surface area contributed by atoms with E-state index in [-0.39, 0.29) is 17.2 Å². The molecular weight excluding hydrogens is 280 g/mol. The van der Waals surface area contributed by atoms with E-state index in [0.717, 1.165) is 5.56 Å². The zero-order chi connectivity index (χ0) is 15.2. The molecule has 21 heavy (non-hydrogen) atoms. The van der Waals surface area contributed by atoms with Crippen LogP contribution in [0.3, 0.4) is 0 Å². The van der Waals surface area contributed by atoms with Gasteiger partial charge in [0.15, 0.2) is 11.5 Å². The Hall–Kier alpha value is -2.50. The second kappa shape index (κ2) is 6.78. The highest BCUT2D eigenvalue weighted by Crippen LogP contribution is 2.31. The van der Waals surface area contributed by atoms with Gasteiger partial charge in [-0.2, -0.15) is 8.78 Å². The first-order valence-corrected chi connectivity index (χ1v) is 6.23. The first-order valence-electron chi connectivity index (χ1n) is 6.23. The lowest BCUT2D eigenvalue weighted by atomic mass is 10.2. The van der Waals surface area contributed by atoms with Crippen LogP contribution in [0.15, 0.2) is 42.5 Å². The fourth-order valence-corrected chi connectivity index (χ4v) is 1.85. The van der Waals surface area contributed by atoms with Crippen molar-refractivity contribution in [2.24, 2.45) is 0 Å². The number of halogens is 2. The quantitative estimate of drug-likeness (QED) is 0.854. The summed E-state index contributed by atoms with van der Waals surface area (Å²) in [7, 11) is 1.38. The molecule has 0 radical (unpaired) electrons. The molecule has 0 fully saturated rings. The lowest BCUT2D eigenvalue weighted by Gasteiger charge is -2.13. The molecule has 112 valence electrons. The molecular formula is C15H15F2NO3. The third kappa shape index (κ3) is 4.24. The number of aromatic hydroxyl groups is 1. The van der Waals surface area contributed by atoms with E-state index in [9.17, 15) is 13.9 Å². The molecule has 0 unspecified atom stereocenters. The third-order valence-corrected chi connectivity index (χ3v) is 2.79. The number of nitrogens with one attached hydrogen (secondary N) is 1. The number of hydrogen-bond acceptors (Lipinski definition) is 4. The number of phenolic OH excluding ortho intramolecular Hbond substituents is 1. The van der Waals surface area contributed by atoms with Crippen LogP contribution >= 0.6 is 0 Å². The van der Waals surface area contributed by atoms with Gasteiger partial charge in [-0.25, -0.2) is 0 Å². The minimum absolute atomic E-state index is 0.0339. The van der Waals surface area contributed by atoms with Crippen LogP contribution in [0.25, 0.3) is 0 Å². The fraction of sp³-hybridized carbons (Fsp3) is 0.200. The van der Waals surface area contributed by atoms with Gasteiger partial charge in [-0.05, 0) is 29.8 Å². The van der Waals surface area contributed by atoms with Crippen LogP contribution < -0.4 is 14.8 Å². The maximum Gasteiger partial charge on any atom is 0.387 e. The summed E-state index contributed by atoms with van der Waals surface area (Å²) in [6.45, 7) is -2.48. The molecule has 4 nitrogen and oxygen atoms in total. The van der Waals surface area contributed by atoms with Gasteiger partial charge in [0.2, 0.25) is 0 Å². The minimum atomic E-state index is -2.92.